The molecule has 3 aromatic rings. The maximum absolute atomic E-state index is 14.1. The van der Waals surface area contributed by atoms with Crippen LogP contribution in [0.4, 0.5) is 27.6 Å². The van der Waals surface area contributed by atoms with Gasteiger partial charge in [-0.1, -0.05) is 12.5 Å². The van der Waals surface area contributed by atoms with Crippen molar-refractivity contribution >= 4 is 17.6 Å². The highest BCUT2D eigenvalue weighted by atomic mass is 19.4. The lowest BCUT2D eigenvalue weighted by molar-refractivity contribution is -0.137. The number of rotatable bonds is 7. The van der Waals surface area contributed by atoms with Gasteiger partial charge in [0.2, 0.25) is 5.91 Å². The molecule has 1 aliphatic carbocycles. The summed E-state index contributed by atoms with van der Waals surface area (Å²) in [6, 6.07) is 10.6. The van der Waals surface area contributed by atoms with E-state index in [1.165, 1.54) is 31.2 Å². The van der Waals surface area contributed by atoms with Crippen LogP contribution in [0.1, 0.15) is 70.6 Å². The number of nitrogens with one attached hydrogen (secondary N) is 1. The van der Waals surface area contributed by atoms with Gasteiger partial charge in [0, 0.05) is 18.6 Å². The number of ether oxygens (including phenoxy) is 1. The number of hydrogen-bond donors (Lipinski definition) is 2. The lowest BCUT2D eigenvalue weighted by Gasteiger charge is -2.25. The van der Waals surface area contributed by atoms with Crippen molar-refractivity contribution in [2.24, 2.45) is 0 Å². The van der Waals surface area contributed by atoms with Crippen molar-refractivity contribution in [2.75, 3.05) is 5.32 Å². The Hall–Kier alpha value is -3.95. The van der Waals surface area contributed by atoms with Crippen molar-refractivity contribution in [3.63, 3.8) is 0 Å². The van der Waals surface area contributed by atoms with Crippen LogP contribution in [0.5, 0.6) is 5.75 Å². The maximum atomic E-state index is 14.1. The SMILES string of the molecule is CC(=O)Nc1ccc(C2CCCC2c2cc(C(F)(F)F)ccc2OCc2ccc(F)cc2F)cc1C(=O)O. The molecule has 0 radical (unpaired) electrons. The second-order valence-corrected chi connectivity index (χ2v) is 9.21. The molecule has 5 nitrogen and oxygen atoms in total. The number of carbonyl (C=O) groups is 2. The third-order valence-electron chi connectivity index (χ3n) is 6.66. The second-order valence-electron chi connectivity index (χ2n) is 9.21. The topological polar surface area (TPSA) is 75.6 Å². The van der Waals surface area contributed by atoms with E-state index in [1.807, 2.05) is 0 Å². The summed E-state index contributed by atoms with van der Waals surface area (Å²) in [6.07, 6.45) is -2.83. The number of carboxylic acid groups (broad SMARTS) is 1. The molecule has 0 spiro atoms. The van der Waals surface area contributed by atoms with Gasteiger partial charge in [-0.3, -0.25) is 4.79 Å². The summed E-state index contributed by atoms with van der Waals surface area (Å²) in [4.78, 5) is 23.3. The molecule has 0 saturated heterocycles. The summed E-state index contributed by atoms with van der Waals surface area (Å²) >= 11 is 0. The van der Waals surface area contributed by atoms with E-state index < -0.39 is 41.2 Å². The largest absolute Gasteiger partial charge is 0.489 e. The van der Waals surface area contributed by atoms with Crippen molar-refractivity contribution in [1.29, 1.82) is 0 Å². The number of carbonyl (C=O) groups excluding carboxylic acids is 1. The van der Waals surface area contributed by atoms with E-state index in [-0.39, 0.29) is 40.7 Å². The Morgan fingerprint density at radius 3 is 2.39 bits per heavy atom. The highest BCUT2D eigenvalue weighted by Gasteiger charge is 2.36. The van der Waals surface area contributed by atoms with E-state index in [9.17, 15) is 36.6 Å². The van der Waals surface area contributed by atoms with Crippen LogP contribution in [0.25, 0.3) is 0 Å². The van der Waals surface area contributed by atoms with Crippen LogP contribution in [0.2, 0.25) is 0 Å². The van der Waals surface area contributed by atoms with Gasteiger partial charge >= 0.3 is 12.1 Å². The van der Waals surface area contributed by atoms with Crippen molar-refractivity contribution in [3.8, 4) is 5.75 Å². The molecule has 200 valence electrons. The summed E-state index contributed by atoms with van der Waals surface area (Å²) in [5.41, 5.74) is 0.0357. The third-order valence-corrected chi connectivity index (χ3v) is 6.66. The van der Waals surface area contributed by atoms with Gasteiger partial charge in [0.15, 0.2) is 0 Å². The van der Waals surface area contributed by atoms with Crippen LogP contribution in [0, 0.1) is 11.6 Å². The first kappa shape index (κ1) is 27.1. The van der Waals surface area contributed by atoms with Crippen LogP contribution in [0.15, 0.2) is 54.6 Å². The second kappa shape index (κ2) is 10.8. The fourth-order valence-corrected chi connectivity index (χ4v) is 4.94. The van der Waals surface area contributed by atoms with Gasteiger partial charge in [-0.15, -0.1) is 0 Å². The molecule has 0 aromatic heterocycles. The Labute approximate surface area is 215 Å². The number of alkyl halides is 3. The number of amides is 1. The van der Waals surface area contributed by atoms with Gasteiger partial charge in [0.05, 0.1) is 16.8 Å². The van der Waals surface area contributed by atoms with Crippen LogP contribution < -0.4 is 10.1 Å². The van der Waals surface area contributed by atoms with Gasteiger partial charge in [-0.25, -0.2) is 13.6 Å². The molecule has 1 amide bonds. The van der Waals surface area contributed by atoms with Crippen LogP contribution >= 0.6 is 0 Å². The van der Waals surface area contributed by atoms with E-state index in [1.54, 1.807) is 6.07 Å². The summed E-state index contributed by atoms with van der Waals surface area (Å²) in [6.45, 7) is 0.927. The van der Waals surface area contributed by atoms with Crippen molar-refractivity contribution in [2.45, 2.75) is 50.8 Å². The van der Waals surface area contributed by atoms with Gasteiger partial charge in [0.1, 0.15) is 24.0 Å². The van der Waals surface area contributed by atoms with E-state index in [4.69, 9.17) is 4.74 Å². The smallest absolute Gasteiger partial charge is 0.416 e. The number of aromatic carboxylic acids is 1. The molecule has 0 aliphatic heterocycles. The minimum atomic E-state index is -4.61. The molecule has 1 aliphatic rings. The molecule has 3 aromatic carbocycles. The molecule has 2 atom stereocenters. The molecular weight excluding hydrogens is 509 g/mol. The minimum Gasteiger partial charge on any atom is -0.489 e. The zero-order valence-electron chi connectivity index (χ0n) is 20.2. The Morgan fingerprint density at radius 2 is 1.74 bits per heavy atom. The number of halogens is 5. The van der Waals surface area contributed by atoms with Crippen molar-refractivity contribution < 1.29 is 41.4 Å². The Bertz CT molecular complexity index is 1370. The zero-order valence-corrected chi connectivity index (χ0v) is 20.2. The molecule has 38 heavy (non-hydrogen) atoms. The Kier molecular flexibility index (Phi) is 7.71. The Morgan fingerprint density at radius 1 is 1.00 bits per heavy atom. The fourth-order valence-electron chi connectivity index (χ4n) is 4.94. The number of benzene rings is 3. The molecule has 10 heteroatoms. The number of anilines is 1. The summed E-state index contributed by atoms with van der Waals surface area (Å²) in [5.74, 6) is -3.94. The first-order valence-electron chi connectivity index (χ1n) is 11.9. The average molecular weight is 533 g/mol. The van der Waals surface area contributed by atoms with Crippen LogP contribution in [-0.2, 0) is 17.6 Å². The van der Waals surface area contributed by atoms with Gasteiger partial charge in [0.25, 0.3) is 0 Å². The number of carboxylic acids is 1. The van der Waals surface area contributed by atoms with E-state index in [0.29, 0.717) is 30.9 Å². The summed E-state index contributed by atoms with van der Waals surface area (Å²) in [7, 11) is 0. The lowest BCUT2D eigenvalue weighted by atomic mass is 9.82. The van der Waals surface area contributed by atoms with E-state index >= 15 is 0 Å². The average Bonchev–Trinajstić information content (AvgIpc) is 3.32. The zero-order chi connectivity index (χ0) is 27.6. The first-order valence-corrected chi connectivity index (χ1v) is 11.9. The molecule has 0 bridgehead atoms. The van der Waals surface area contributed by atoms with Crippen molar-refractivity contribution in [3.05, 3.63) is 94.0 Å². The highest BCUT2D eigenvalue weighted by Crippen LogP contribution is 2.50. The fraction of sp³-hybridized carbons (Fsp3) is 0.286. The molecule has 2 unspecified atom stereocenters. The van der Waals surface area contributed by atoms with Crippen LogP contribution in [0.3, 0.4) is 0 Å². The minimum absolute atomic E-state index is 0.0416. The lowest BCUT2D eigenvalue weighted by Crippen LogP contribution is -2.14. The quantitative estimate of drug-likeness (QED) is 0.313. The molecular formula is C28H24F5NO4. The standard InChI is InChI=1S/C28H24F5NO4/c1-15(35)34-25-9-6-16(11-23(25)27(36)37)20-3-2-4-21(20)22-12-18(28(31,32)33)7-10-26(22)38-14-17-5-8-19(29)13-24(17)30/h5-13,20-21H,2-4,14H2,1H3,(H,34,35)(H,36,37). The predicted octanol–water partition coefficient (Wildman–Crippen LogP) is 7.27. The molecule has 1 saturated carbocycles. The van der Waals surface area contributed by atoms with E-state index in [2.05, 4.69) is 5.32 Å². The summed E-state index contributed by atoms with van der Waals surface area (Å²) in [5, 5.41) is 12.1. The Balaban J connectivity index is 1.72. The summed E-state index contributed by atoms with van der Waals surface area (Å²) < 4.78 is 74.0. The van der Waals surface area contributed by atoms with Crippen LogP contribution in [-0.4, -0.2) is 17.0 Å². The molecule has 2 N–H and O–H groups in total. The van der Waals surface area contributed by atoms with Gasteiger partial charge in [-0.05, 0) is 78.3 Å². The van der Waals surface area contributed by atoms with Gasteiger partial charge in [-0.2, -0.15) is 13.2 Å². The third kappa shape index (κ3) is 5.95. The number of hydrogen-bond acceptors (Lipinski definition) is 3. The predicted molar refractivity (Wildman–Crippen MR) is 129 cm³/mol. The maximum Gasteiger partial charge on any atom is 0.416 e. The highest BCUT2D eigenvalue weighted by molar-refractivity contribution is 6.00. The van der Waals surface area contributed by atoms with E-state index in [0.717, 1.165) is 18.2 Å². The molecule has 1 fully saturated rings. The first-order chi connectivity index (χ1) is 17.9. The van der Waals surface area contributed by atoms with Crippen molar-refractivity contribution in [1.82, 2.24) is 0 Å². The molecule has 4 rings (SSSR count). The molecule has 0 heterocycles. The monoisotopic (exact) mass is 533 g/mol. The normalized spacial score (nSPS) is 17.3. The van der Waals surface area contributed by atoms with Gasteiger partial charge < -0.3 is 15.2 Å².